The standard InChI is InChI=1S/C16H40N6/c1-18(2)9-10-20(4)13-14-22(6)16-15-21(5)12-11-19(3)8-7-17/h7-17H2,1-6H3. The molecular formula is C16H40N6. The van der Waals surface area contributed by atoms with E-state index in [0.717, 1.165) is 65.4 Å². The smallest absolute Gasteiger partial charge is 0.0107 e. The molecule has 0 atom stereocenters. The molecule has 0 spiro atoms. The van der Waals surface area contributed by atoms with Crippen molar-refractivity contribution in [2.45, 2.75) is 0 Å². The Balaban J connectivity index is 3.64. The van der Waals surface area contributed by atoms with Crippen LogP contribution in [0.4, 0.5) is 0 Å². The van der Waals surface area contributed by atoms with Crippen LogP contribution in [-0.2, 0) is 0 Å². The van der Waals surface area contributed by atoms with E-state index in [9.17, 15) is 0 Å². The Bertz CT molecular complexity index is 249. The molecule has 0 aromatic heterocycles. The maximum atomic E-state index is 5.56. The van der Waals surface area contributed by atoms with E-state index in [-0.39, 0.29) is 0 Å². The van der Waals surface area contributed by atoms with Gasteiger partial charge in [-0.3, -0.25) is 0 Å². The summed E-state index contributed by atoms with van der Waals surface area (Å²) in [5.41, 5.74) is 5.56. The quantitative estimate of drug-likeness (QED) is 0.454. The van der Waals surface area contributed by atoms with Crippen molar-refractivity contribution >= 4 is 0 Å². The summed E-state index contributed by atoms with van der Waals surface area (Å²) in [6.07, 6.45) is 0. The second-order valence-corrected chi connectivity index (χ2v) is 6.81. The fraction of sp³-hybridized carbons (Fsp3) is 1.00. The Labute approximate surface area is 138 Å². The molecule has 0 amide bonds. The molecule has 0 rings (SSSR count). The second kappa shape index (κ2) is 13.2. The fourth-order valence-corrected chi connectivity index (χ4v) is 2.06. The van der Waals surface area contributed by atoms with Crippen molar-refractivity contribution in [1.82, 2.24) is 24.5 Å². The Hall–Kier alpha value is -0.240. The topological polar surface area (TPSA) is 42.2 Å². The van der Waals surface area contributed by atoms with Gasteiger partial charge in [0.1, 0.15) is 0 Å². The molecule has 0 aliphatic carbocycles. The van der Waals surface area contributed by atoms with Crippen LogP contribution in [0.5, 0.6) is 0 Å². The average Bonchev–Trinajstić information content (AvgIpc) is 2.46. The van der Waals surface area contributed by atoms with E-state index >= 15 is 0 Å². The van der Waals surface area contributed by atoms with Crippen LogP contribution in [-0.4, -0.2) is 132 Å². The second-order valence-electron chi connectivity index (χ2n) is 6.81. The highest BCUT2D eigenvalue weighted by molar-refractivity contribution is 4.62. The Morgan fingerprint density at radius 1 is 0.455 bits per heavy atom. The molecule has 0 heterocycles. The normalized spacial score (nSPS) is 12.5. The van der Waals surface area contributed by atoms with E-state index < -0.39 is 0 Å². The van der Waals surface area contributed by atoms with Gasteiger partial charge in [-0.2, -0.15) is 0 Å². The van der Waals surface area contributed by atoms with Crippen molar-refractivity contribution in [3.8, 4) is 0 Å². The Kier molecular flexibility index (Phi) is 13.1. The number of hydrogen-bond acceptors (Lipinski definition) is 6. The molecule has 0 unspecified atom stereocenters. The minimum atomic E-state index is 0.740. The van der Waals surface area contributed by atoms with Crippen LogP contribution < -0.4 is 5.73 Å². The van der Waals surface area contributed by atoms with Crippen molar-refractivity contribution in [3.05, 3.63) is 0 Å². The number of nitrogens with zero attached hydrogens (tertiary/aromatic N) is 5. The number of rotatable bonds is 14. The zero-order valence-corrected chi connectivity index (χ0v) is 15.9. The van der Waals surface area contributed by atoms with E-state index in [1.165, 1.54) is 0 Å². The van der Waals surface area contributed by atoms with Gasteiger partial charge in [-0.05, 0) is 42.3 Å². The summed E-state index contributed by atoms with van der Waals surface area (Å²) < 4.78 is 0. The first-order valence-corrected chi connectivity index (χ1v) is 8.44. The van der Waals surface area contributed by atoms with Crippen molar-refractivity contribution in [2.24, 2.45) is 5.73 Å². The van der Waals surface area contributed by atoms with Gasteiger partial charge in [-0.25, -0.2) is 0 Å². The maximum Gasteiger partial charge on any atom is 0.0107 e. The molecule has 2 N–H and O–H groups in total. The minimum Gasteiger partial charge on any atom is -0.329 e. The van der Waals surface area contributed by atoms with E-state index in [0.29, 0.717) is 0 Å². The predicted octanol–water partition coefficient (Wildman–Crippen LogP) is -0.766. The van der Waals surface area contributed by atoms with Gasteiger partial charge in [0.15, 0.2) is 0 Å². The molecule has 0 radical (unpaired) electrons. The van der Waals surface area contributed by atoms with Crippen LogP contribution in [0.3, 0.4) is 0 Å². The molecule has 6 heteroatoms. The van der Waals surface area contributed by atoms with E-state index in [1.807, 2.05) is 0 Å². The van der Waals surface area contributed by atoms with Crippen LogP contribution in [0.25, 0.3) is 0 Å². The van der Waals surface area contributed by atoms with Crippen molar-refractivity contribution < 1.29 is 0 Å². The van der Waals surface area contributed by atoms with Gasteiger partial charge in [0.25, 0.3) is 0 Å². The number of likely N-dealkylation sites (N-methyl/N-ethyl adjacent to an activating group) is 5. The van der Waals surface area contributed by atoms with Gasteiger partial charge in [0, 0.05) is 65.4 Å². The molecule has 0 aromatic rings. The van der Waals surface area contributed by atoms with Crippen LogP contribution in [0.1, 0.15) is 0 Å². The molecule has 0 aliphatic heterocycles. The summed E-state index contributed by atoms with van der Waals surface area (Å²) in [7, 11) is 13.0. The fourth-order valence-electron chi connectivity index (χ4n) is 2.06. The zero-order valence-electron chi connectivity index (χ0n) is 15.9. The molecule has 0 saturated carbocycles. The summed E-state index contributed by atoms with van der Waals surface area (Å²) >= 11 is 0. The summed E-state index contributed by atoms with van der Waals surface area (Å²) in [6, 6.07) is 0. The van der Waals surface area contributed by atoms with Gasteiger partial charge in [0.05, 0.1) is 0 Å². The number of hydrogen-bond donors (Lipinski definition) is 1. The lowest BCUT2D eigenvalue weighted by atomic mass is 10.4. The van der Waals surface area contributed by atoms with Gasteiger partial charge >= 0.3 is 0 Å². The third-order valence-corrected chi connectivity index (χ3v) is 4.03. The molecule has 0 bridgehead atoms. The summed E-state index contributed by atoms with van der Waals surface area (Å²) in [5, 5.41) is 0. The monoisotopic (exact) mass is 316 g/mol. The molecular weight excluding hydrogens is 276 g/mol. The van der Waals surface area contributed by atoms with Crippen molar-refractivity contribution in [1.29, 1.82) is 0 Å². The Morgan fingerprint density at radius 2 is 0.727 bits per heavy atom. The highest BCUT2D eigenvalue weighted by atomic mass is 15.2. The lowest BCUT2D eigenvalue weighted by molar-refractivity contribution is 0.207. The van der Waals surface area contributed by atoms with E-state index in [1.54, 1.807) is 0 Å². The average molecular weight is 317 g/mol. The minimum absolute atomic E-state index is 0.740. The highest BCUT2D eigenvalue weighted by Crippen LogP contribution is 1.91. The summed E-state index contributed by atoms with van der Waals surface area (Å²) in [6.45, 7) is 10.7. The van der Waals surface area contributed by atoms with Crippen LogP contribution >= 0.6 is 0 Å². The van der Waals surface area contributed by atoms with Crippen LogP contribution in [0, 0.1) is 0 Å². The van der Waals surface area contributed by atoms with Gasteiger partial charge in [-0.15, -0.1) is 0 Å². The molecule has 6 nitrogen and oxygen atoms in total. The predicted molar refractivity (Wildman–Crippen MR) is 97.6 cm³/mol. The molecule has 0 aromatic carbocycles. The Morgan fingerprint density at radius 3 is 1.00 bits per heavy atom. The molecule has 0 aliphatic rings. The van der Waals surface area contributed by atoms with Crippen LogP contribution in [0.15, 0.2) is 0 Å². The van der Waals surface area contributed by atoms with Crippen molar-refractivity contribution in [3.63, 3.8) is 0 Å². The van der Waals surface area contributed by atoms with Gasteiger partial charge in [0.2, 0.25) is 0 Å². The zero-order chi connectivity index (χ0) is 17.0. The first-order valence-electron chi connectivity index (χ1n) is 8.44. The molecule has 0 saturated heterocycles. The summed E-state index contributed by atoms with van der Waals surface area (Å²) in [5.74, 6) is 0. The van der Waals surface area contributed by atoms with Crippen molar-refractivity contribution in [2.75, 3.05) is 108 Å². The first-order chi connectivity index (χ1) is 10.3. The lowest BCUT2D eigenvalue weighted by Gasteiger charge is -2.26. The largest absolute Gasteiger partial charge is 0.329 e. The summed E-state index contributed by atoms with van der Waals surface area (Å²) in [4.78, 5) is 11.8. The SMILES string of the molecule is CN(C)CCN(C)CCN(C)CCN(C)CCN(C)CCN. The van der Waals surface area contributed by atoms with E-state index in [2.05, 4.69) is 66.8 Å². The number of nitrogens with two attached hydrogens (primary N) is 1. The van der Waals surface area contributed by atoms with Crippen LogP contribution in [0.2, 0.25) is 0 Å². The third-order valence-electron chi connectivity index (χ3n) is 4.03. The maximum absolute atomic E-state index is 5.56. The first kappa shape index (κ1) is 21.8. The molecule has 0 fully saturated rings. The molecule has 134 valence electrons. The van der Waals surface area contributed by atoms with Gasteiger partial charge in [-0.1, -0.05) is 0 Å². The third kappa shape index (κ3) is 13.4. The van der Waals surface area contributed by atoms with E-state index in [4.69, 9.17) is 5.73 Å². The lowest BCUT2D eigenvalue weighted by Crippen LogP contribution is -2.39. The van der Waals surface area contributed by atoms with Gasteiger partial charge < -0.3 is 30.2 Å². The highest BCUT2D eigenvalue weighted by Gasteiger charge is 2.05. The molecule has 22 heavy (non-hydrogen) atoms.